The molecule has 0 spiro atoms. The van der Waals surface area contributed by atoms with E-state index in [0.717, 1.165) is 11.1 Å². The van der Waals surface area contributed by atoms with Crippen LogP contribution in [0.3, 0.4) is 0 Å². The Morgan fingerprint density at radius 1 is 1.13 bits per heavy atom. The Balaban J connectivity index is 1.54. The first-order valence-corrected chi connectivity index (χ1v) is 11.2. The van der Waals surface area contributed by atoms with E-state index in [2.05, 4.69) is 31.3 Å². The third-order valence-corrected chi connectivity index (χ3v) is 6.33. The van der Waals surface area contributed by atoms with E-state index in [1.54, 1.807) is 0 Å². The zero-order valence-electron chi connectivity index (χ0n) is 17.5. The second kappa shape index (κ2) is 10.0. The zero-order chi connectivity index (χ0) is 21.7. The van der Waals surface area contributed by atoms with Gasteiger partial charge in [0.05, 0.1) is 4.91 Å². The highest BCUT2D eigenvalue weighted by Crippen LogP contribution is 2.32. The van der Waals surface area contributed by atoms with Gasteiger partial charge in [0.15, 0.2) is 0 Å². The van der Waals surface area contributed by atoms with Crippen LogP contribution in [0.25, 0.3) is 6.08 Å². The summed E-state index contributed by atoms with van der Waals surface area (Å²) in [6.45, 7) is 7.09. The molecular weight excluding hydrogens is 412 g/mol. The maximum absolute atomic E-state index is 12.7. The van der Waals surface area contributed by atoms with Gasteiger partial charge < -0.3 is 5.32 Å². The van der Waals surface area contributed by atoms with E-state index >= 15 is 0 Å². The summed E-state index contributed by atoms with van der Waals surface area (Å²) in [4.78, 5) is 27.0. The lowest BCUT2D eigenvalue weighted by molar-refractivity contribution is -0.123. The monoisotopic (exact) mass is 438 g/mol. The average Bonchev–Trinajstić information content (AvgIpc) is 2.99. The van der Waals surface area contributed by atoms with E-state index < -0.39 is 0 Å². The Kier molecular flexibility index (Phi) is 7.45. The Labute approximate surface area is 187 Å². The Morgan fingerprint density at radius 2 is 1.80 bits per heavy atom. The number of aryl methyl sites for hydroxylation is 1. The van der Waals surface area contributed by atoms with Crippen molar-refractivity contribution in [2.24, 2.45) is 0 Å². The molecule has 1 aliphatic rings. The normalized spacial score (nSPS) is 15.3. The van der Waals surface area contributed by atoms with Gasteiger partial charge in [-0.15, -0.1) is 0 Å². The van der Waals surface area contributed by atoms with Crippen molar-refractivity contribution in [3.05, 3.63) is 75.7 Å². The lowest BCUT2D eigenvalue weighted by atomic mass is 10.0. The fourth-order valence-corrected chi connectivity index (χ4v) is 4.34. The number of nitrogens with zero attached hydrogens (tertiary/aromatic N) is 1. The van der Waals surface area contributed by atoms with Crippen molar-refractivity contribution < 1.29 is 9.59 Å². The van der Waals surface area contributed by atoms with Crippen LogP contribution in [0, 0.1) is 6.92 Å². The first-order chi connectivity index (χ1) is 14.3. The summed E-state index contributed by atoms with van der Waals surface area (Å²) < 4.78 is 0.497. The predicted molar refractivity (Wildman–Crippen MR) is 128 cm³/mol. The molecule has 0 aromatic heterocycles. The van der Waals surface area contributed by atoms with Crippen LogP contribution in [0.2, 0.25) is 0 Å². The molecule has 30 heavy (non-hydrogen) atoms. The number of thiocarbonyl (C=S) groups is 1. The van der Waals surface area contributed by atoms with Crippen LogP contribution in [0.5, 0.6) is 0 Å². The van der Waals surface area contributed by atoms with Gasteiger partial charge >= 0.3 is 0 Å². The molecule has 2 amide bonds. The molecule has 156 valence electrons. The second-order valence-electron chi connectivity index (χ2n) is 7.67. The summed E-state index contributed by atoms with van der Waals surface area (Å²) in [5.41, 5.74) is 4.46. The van der Waals surface area contributed by atoms with Gasteiger partial charge in [0.1, 0.15) is 4.32 Å². The molecule has 0 bridgehead atoms. The maximum atomic E-state index is 12.7. The molecule has 0 unspecified atom stereocenters. The van der Waals surface area contributed by atoms with Gasteiger partial charge in [0.25, 0.3) is 5.91 Å². The Morgan fingerprint density at radius 3 is 2.43 bits per heavy atom. The molecule has 6 heteroatoms. The third kappa shape index (κ3) is 5.80. The topological polar surface area (TPSA) is 49.4 Å². The van der Waals surface area contributed by atoms with E-state index in [-0.39, 0.29) is 24.8 Å². The second-order valence-corrected chi connectivity index (χ2v) is 9.34. The van der Waals surface area contributed by atoms with Crippen LogP contribution in [-0.4, -0.2) is 27.6 Å². The minimum absolute atomic E-state index is 0.0992. The van der Waals surface area contributed by atoms with Crippen LogP contribution < -0.4 is 5.32 Å². The zero-order valence-corrected chi connectivity index (χ0v) is 19.1. The van der Waals surface area contributed by atoms with Crippen molar-refractivity contribution >= 4 is 46.2 Å². The number of benzene rings is 2. The number of thioether (sulfide) groups is 1. The van der Waals surface area contributed by atoms with Crippen molar-refractivity contribution in [3.63, 3.8) is 0 Å². The summed E-state index contributed by atoms with van der Waals surface area (Å²) in [6.07, 6.45) is 2.08. The summed E-state index contributed by atoms with van der Waals surface area (Å²) in [5, 5.41) is 2.90. The highest BCUT2D eigenvalue weighted by atomic mass is 32.2. The quantitative estimate of drug-likeness (QED) is 0.487. The fourth-order valence-electron chi connectivity index (χ4n) is 3.03. The standard InChI is InChI=1S/C24H26N2O2S2/c1-16(2)20-10-8-18(9-11-20)14-21-23(28)26(24(29)30-21)13-12-22(27)25-15-19-6-4-17(3)5-7-19/h4-11,14,16H,12-13,15H2,1-3H3,(H,25,27). The molecule has 4 nitrogen and oxygen atoms in total. The van der Waals surface area contributed by atoms with Gasteiger partial charge in [-0.3, -0.25) is 14.5 Å². The summed E-state index contributed by atoms with van der Waals surface area (Å²) in [6, 6.07) is 16.2. The van der Waals surface area contributed by atoms with E-state index in [1.807, 2.05) is 49.4 Å². The maximum Gasteiger partial charge on any atom is 0.266 e. The van der Waals surface area contributed by atoms with E-state index in [0.29, 0.717) is 21.7 Å². The van der Waals surface area contributed by atoms with Crippen molar-refractivity contribution in [2.45, 2.75) is 39.7 Å². The van der Waals surface area contributed by atoms with Crippen LogP contribution >= 0.6 is 24.0 Å². The minimum atomic E-state index is -0.135. The molecule has 1 saturated heterocycles. The number of carbonyl (C=O) groups excluding carboxylic acids is 2. The Hall–Kier alpha value is -2.44. The van der Waals surface area contributed by atoms with Crippen LogP contribution in [0.1, 0.15) is 48.4 Å². The molecular formula is C24H26N2O2S2. The van der Waals surface area contributed by atoms with E-state index in [4.69, 9.17) is 12.2 Å². The van der Waals surface area contributed by atoms with Gasteiger partial charge in [0.2, 0.25) is 5.91 Å². The van der Waals surface area contributed by atoms with Crippen molar-refractivity contribution in [1.82, 2.24) is 10.2 Å². The van der Waals surface area contributed by atoms with Crippen LogP contribution in [0.4, 0.5) is 0 Å². The van der Waals surface area contributed by atoms with E-state index in [9.17, 15) is 9.59 Å². The minimum Gasteiger partial charge on any atom is -0.352 e. The number of hydrogen-bond acceptors (Lipinski definition) is 4. The van der Waals surface area contributed by atoms with Gasteiger partial charge in [0, 0.05) is 19.5 Å². The highest BCUT2D eigenvalue weighted by Gasteiger charge is 2.32. The molecule has 0 radical (unpaired) electrons. The van der Waals surface area contributed by atoms with Gasteiger partial charge in [-0.25, -0.2) is 0 Å². The molecule has 3 rings (SSSR count). The third-order valence-electron chi connectivity index (χ3n) is 4.95. The lowest BCUT2D eigenvalue weighted by Crippen LogP contribution is -2.33. The molecule has 2 aromatic rings. The SMILES string of the molecule is Cc1ccc(CNC(=O)CCN2C(=O)C(=Cc3ccc(C(C)C)cc3)SC2=S)cc1. The van der Waals surface area contributed by atoms with Crippen molar-refractivity contribution in [1.29, 1.82) is 0 Å². The molecule has 1 heterocycles. The smallest absolute Gasteiger partial charge is 0.266 e. The molecule has 0 aliphatic carbocycles. The van der Waals surface area contributed by atoms with E-state index in [1.165, 1.54) is 27.8 Å². The Bertz CT molecular complexity index is 964. The number of rotatable bonds is 7. The molecule has 2 aromatic carbocycles. The predicted octanol–water partition coefficient (Wildman–Crippen LogP) is 5.03. The lowest BCUT2D eigenvalue weighted by Gasteiger charge is -2.14. The number of amides is 2. The molecule has 0 saturated carbocycles. The summed E-state index contributed by atoms with van der Waals surface area (Å²) in [7, 11) is 0. The first kappa shape index (κ1) is 22.2. The van der Waals surface area contributed by atoms with Crippen molar-refractivity contribution in [3.8, 4) is 0 Å². The van der Waals surface area contributed by atoms with Crippen molar-refractivity contribution in [2.75, 3.05) is 6.54 Å². The molecule has 1 aliphatic heterocycles. The van der Waals surface area contributed by atoms with Gasteiger partial charge in [-0.1, -0.05) is 91.9 Å². The number of hydrogen-bond donors (Lipinski definition) is 1. The molecule has 1 N–H and O–H groups in total. The van der Waals surface area contributed by atoms with Gasteiger partial charge in [-0.2, -0.15) is 0 Å². The first-order valence-electron chi connectivity index (χ1n) is 10.0. The van der Waals surface area contributed by atoms with Crippen LogP contribution in [0.15, 0.2) is 53.4 Å². The molecule has 0 atom stereocenters. The number of nitrogens with one attached hydrogen (secondary N) is 1. The summed E-state index contributed by atoms with van der Waals surface area (Å²) in [5.74, 6) is 0.233. The average molecular weight is 439 g/mol. The largest absolute Gasteiger partial charge is 0.352 e. The fraction of sp³-hybridized carbons (Fsp3) is 0.292. The van der Waals surface area contributed by atoms with Gasteiger partial charge in [-0.05, 0) is 35.6 Å². The summed E-state index contributed by atoms with van der Waals surface area (Å²) >= 11 is 6.65. The highest BCUT2D eigenvalue weighted by molar-refractivity contribution is 8.26. The molecule has 1 fully saturated rings. The van der Waals surface area contributed by atoms with Crippen LogP contribution in [-0.2, 0) is 16.1 Å². The number of carbonyl (C=O) groups is 2.